The third-order valence-corrected chi connectivity index (χ3v) is 4.16. The lowest BCUT2D eigenvalue weighted by atomic mass is 10.2. The van der Waals surface area contributed by atoms with Crippen LogP contribution in [0.15, 0.2) is 48.5 Å². The van der Waals surface area contributed by atoms with Gasteiger partial charge in [0.05, 0.1) is 11.0 Å². The van der Waals surface area contributed by atoms with Crippen LogP contribution in [0.2, 0.25) is 0 Å². The Bertz CT molecular complexity index is 788. The van der Waals surface area contributed by atoms with Crippen molar-refractivity contribution in [2.45, 2.75) is 25.5 Å². The van der Waals surface area contributed by atoms with Gasteiger partial charge in [0.25, 0.3) is 0 Å². The second-order valence-electron chi connectivity index (χ2n) is 5.67. The van der Waals surface area contributed by atoms with Crippen LogP contribution in [-0.4, -0.2) is 16.2 Å². The monoisotopic (exact) mass is 296 g/mol. The predicted molar refractivity (Wildman–Crippen MR) is 83.2 cm³/mol. The minimum atomic E-state index is -0.210. The van der Waals surface area contributed by atoms with Gasteiger partial charge in [-0.05, 0) is 42.7 Å². The molecule has 0 radical (unpaired) electrons. The van der Waals surface area contributed by atoms with Crippen LogP contribution in [-0.2, 0) is 11.3 Å². The second kappa shape index (κ2) is 5.54. The quantitative estimate of drug-likeness (QED) is 0.728. The molecule has 0 unspecified atom stereocenters. The van der Waals surface area contributed by atoms with E-state index in [2.05, 4.69) is 10.6 Å². The standard InChI is InChI=1S/C18H17FN2O/c19-14-9-7-13(8-10-14)12-21-16-5-2-1-4-15(16)20-18(21)17-6-3-11-22-17/h1-2,4-5,7-10,17H,3,6,11-12H2/t17-/m1/s1. The highest BCUT2D eigenvalue weighted by atomic mass is 19.1. The number of rotatable bonds is 3. The van der Waals surface area contributed by atoms with Crippen molar-refractivity contribution in [1.82, 2.24) is 9.55 Å². The van der Waals surface area contributed by atoms with Gasteiger partial charge in [-0.3, -0.25) is 0 Å². The smallest absolute Gasteiger partial charge is 0.139 e. The number of nitrogens with zero attached hydrogens (tertiary/aromatic N) is 2. The molecule has 2 heterocycles. The normalized spacial score (nSPS) is 18.1. The van der Waals surface area contributed by atoms with Crippen molar-refractivity contribution in [2.24, 2.45) is 0 Å². The van der Waals surface area contributed by atoms with Crippen molar-refractivity contribution in [3.63, 3.8) is 0 Å². The molecule has 0 saturated carbocycles. The van der Waals surface area contributed by atoms with E-state index in [1.165, 1.54) is 12.1 Å². The first-order valence-corrected chi connectivity index (χ1v) is 7.62. The summed E-state index contributed by atoms with van der Waals surface area (Å²) >= 11 is 0. The average Bonchev–Trinajstić information content (AvgIpc) is 3.18. The minimum absolute atomic E-state index is 0.0628. The maximum atomic E-state index is 13.1. The van der Waals surface area contributed by atoms with Crippen LogP contribution in [0.4, 0.5) is 4.39 Å². The number of ether oxygens (including phenoxy) is 1. The first kappa shape index (κ1) is 13.5. The van der Waals surface area contributed by atoms with E-state index in [0.717, 1.165) is 41.9 Å². The van der Waals surface area contributed by atoms with Gasteiger partial charge in [0.1, 0.15) is 17.7 Å². The maximum Gasteiger partial charge on any atom is 0.139 e. The fourth-order valence-corrected chi connectivity index (χ4v) is 3.06. The van der Waals surface area contributed by atoms with Gasteiger partial charge >= 0.3 is 0 Å². The molecular weight excluding hydrogens is 279 g/mol. The average molecular weight is 296 g/mol. The molecule has 4 heteroatoms. The summed E-state index contributed by atoms with van der Waals surface area (Å²) in [5.74, 6) is 0.765. The lowest BCUT2D eigenvalue weighted by Gasteiger charge is -2.13. The SMILES string of the molecule is Fc1ccc(Cn2c([C@H]3CCCO3)nc3ccccc32)cc1. The van der Waals surface area contributed by atoms with Gasteiger partial charge in [-0.25, -0.2) is 9.37 Å². The predicted octanol–water partition coefficient (Wildman–Crippen LogP) is 4.08. The summed E-state index contributed by atoms with van der Waals surface area (Å²) in [7, 11) is 0. The number of para-hydroxylation sites is 2. The second-order valence-corrected chi connectivity index (χ2v) is 5.67. The topological polar surface area (TPSA) is 27.1 Å². The fraction of sp³-hybridized carbons (Fsp3) is 0.278. The molecule has 4 rings (SSSR count). The number of halogens is 1. The molecule has 0 N–H and O–H groups in total. The van der Waals surface area contributed by atoms with Crippen molar-refractivity contribution in [1.29, 1.82) is 0 Å². The summed E-state index contributed by atoms with van der Waals surface area (Å²) in [6.07, 6.45) is 2.14. The Balaban J connectivity index is 1.79. The van der Waals surface area contributed by atoms with Crippen LogP contribution in [0.25, 0.3) is 11.0 Å². The van der Waals surface area contributed by atoms with Crippen molar-refractivity contribution in [2.75, 3.05) is 6.61 Å². The number of imidazole rings is 1. The van der Waals surface area contributed by atoms with E-state index in [9.17, 15) is 4.39 Å². The Morgan fingerprint density at radius 1 is 1.14 bits per heavy atom. The molecule has 3 aromatic rings. The highest BCUT2D eigenvalue weighted by molar-refractivity contribution is 5.76. The summed E-state index contributed by atoms with van der Waals surface area (Å²) in [4.78, 5) is 4.77. The molecule has 112 valence electrons. The Hall–Kier alpha value is -2.20. The van der Waals surface area contributed by atoms with E-state index in [-0.39, 0.29) is 11.9 Å². The van der Waals surface area contributed by atoms with E-state index < -0.39 is 0 Å². The number of aromatic nitrogens is 2. The molecule has 0 aliphatic carbocycles. The van der Waals surface area contributed by atoms with E-state index >= 15 is 0 Å². The zero-order valence-electron chi connectivity index (χ0n) is 12.2. The molecule has 1 aromatic heterocycles. The molecule has 0 amide bonds. The number of fused-ring (bicyclic) bond motifs is 1. The van der Waals surface area contributed by atoms with Crippen LogP contribution in [0.3, 0.4) is 0 Å². The Morgan fingerprint density at radius 2 is 1.95 bits per heavy atom. The van der Waals surface area contributed by atoms with Crippen LogP contribution < -0.4 is 0 Å². The van der Waals surface area contributed by atoms with Gasteiger partial charge in [-0.15, -0.1) is 0 Å². The van der Waals surface area contributed by atoms with Gasteiger partial charge < -0.3 is 9.30 Å². The highest BCUT2D eigenvalue weighted by Crippen LogP contribution is 2.31. The number of benzene rings is 2. The summed E-state index contributed by atoms with van der Waals surface area (Å²) < 4.78 is 21.1. The molecule has 1 saturated heterocycles. The summed E-state index contributed by atoms with van der Waals surface area (Å²) in [5, 5.41) is 0. The molecule has 3 nitrogen and oxygen atoms in total. The molecule has 22 heavy (non-hydrogen) atoms. The summed E-state index contributed by atoms with van der Waals surface area (Å²) in [5.41, 5.74) is 3.14. The summed E-state index contributed by atoms with van der Waals surface area (Å²) in [6, 6.07) is 14.8. The molecule has 0 bridgehead atoms. The van der Waals surface area contributed by atoms with Gasteiger partial charge in [0.15, 0.2) is 0 Å². The molecular formula is C18H17FN2O. The van der Waals surface area contributed by atoms with E-state index in [1.54, 1.807) is 0 Å². The summed E-state index contributed by atoms with van der Waals surface area (Å²) in [6.45, 7) is 1.47. The molecule has 1 fully saturated rings. The molecule has 1 atom stereocenters. The van der Waals surface area contributed by atoms with Gasteiger partial charge in [0, 0.05) is 13.2 Å². The van der Waals surface area contributed by atoms with Crippen molar-refractivity contribution in [3.05, 3.63) is 65.7 Å². The number of hydrogen-bond donors (Lipinski definition) is 0. The number of hydrogen-bond acceptors (Lipinski definition) is 2. The van der Waals surface area contributed by atoms with E-state index in [0.29, 0.717) is 6.54 Å². The first-order valence-electron chi connectivity index (χ1n) is 7.62. The van der Waals surface area contributed by atoms with Crippen LogP contribution in [0, 0.1) is 5.82 Å². The van der Waals surface area contributed by atoms with Crippen LogP contribution in [0.1, 0.15) is 30.3 Å². The Kier molecular flexibility index (Phi) is 3.39. The van der Waals surface area contributed by atoms with E-state index in [1.807, 2.05) is 30.3 Å². The lowest BCUT2D eigenvalue weighted by Crippen LogP contribution is -2.09. The Morgan fingerprint density at radius 3 is 2.73 bits per heavy atom. The van der Waals surface area contributed by atoms with Crippen LogP contribution >= 0.6 is 0 Å². The zero-order chi connectivity index (χ0) is 14.9. The fourth-order valence-electron chi connectivity index (χ4n) is 3.06. The van der Waals surface area contributed by atoms with Gasteiger partial charge in [0.2, 0.25) is 0 Å². The third kappa shape index (κ3) is 2.40. The largest absolute Gasteiger partial charge is 0.370 e. The van der Waals surface area contributed by atoms with Crippen molar-refractivity contribution in [3.8, 4) is 0 Å². The zero-order valence-corrected chi connectivity index (χ0v) is 12.2. The van der Waals surface area contributed by atoms with Crippen molar-refractivity contribution < 1.29 is 9.13 Å². The third-order valence-electron chi connectivity index (χ3n) is 4.16. The molecule has 1 aliphatic rings. The molecule has 0 spiro atoms. The lowest BCUT2D eigenvalue weighted by molar-refractivity contribution is 0.103. The first-order chi connectivity index (χ1) is 10.8. The van der Waals surface area contributed by atoms with Gasteiger partial charge in [-0.1, -0.05) is 24.3 Å². The van der Waals surface area contributed by atoms with E-state index in [4.69, 9.17) is 9.72 Å². The van der Waals surface area contributed by atoms with Crippen LogP contribution in [0.5, 0.6) is 0 Å². The van der Waals surface area contributed by atoms with Gasteiger partial charge in [-0.2, -0.15) is 0 Å². The minimum Gasteiger partial charge on any atom is -0.370 e. The van der Waals surface area contributed by atoms with Crippen molar-refractivity contribution >= 4 is 11.0 Å². The maximum absolute atomic E-state index is 13.1. The highest BCUT2D eigenvalue weighted by Gasteiger charge is 2.24. The molecule has 2 aromatic carbocycles. The molecule has 1 aliphatic heterocycles. The Labute approximate surface area is 128 Å².